The summed E-state index contributed by atoms with van der Waals surface area (Å²) in [6, 6.07) is 5.04. The van der Waals surface area contributed by atoms with Gasteiger partial charge in [0.1, 0.15) is 0 Å². The normalized spacial score (nSPS) is 13.2. The molecule has 1 rings (SSSR count). The molecule has 3 heteroatoms. The molecule has 92 valence electrons. The second-order valence-corrected chi connectivity index (χ2v) is 5.34. The summed E-state index contributed by atoms with van der Waals surface area (Å²) >= 11 is 1.86. The predicted octanol–water partition coefficient (Wildman–Crippen LogP) is 2.61. The fraction of sp³-hybridized carbons (Fsp3) is 0.692. The maximum absolute atomic E-state index is 3.29. The van der Waals surface area contributed by atoms with Gasteiger partial charge in [-0.05, 0) is 38.4 Å². The van der Waals surface area contributed by atoms with E-state index in [2.05, 4.69) is 41.7 Å². The molecule has 1 N–H and O–H groups in total. The first-order valence-corrected chi connectivity index (χ1v) is 7.03. The average Bonchev–Trinajstić information content (AvgIpc) is 2.78. The van der Waals surface area contributed by atoms with Crippen molar-refractivity contribution in [1.82, 2.24) is 10.2 Å². The van der Waals surface area contributed by atoms with Crippen LogP contribution in [0.4, 0.5) is 0 Å². The van der Waals surface area contributed by atoms with E-state index in [0.717, 1.165) is 13.1 Å². The third-order valence-corrected chi connectivity index (χ3v) is 3.91. The number of hydrogen-bond acceptors (Lipinski definition) is 3. The molecule has 1 aromatic rings. The van der Waals surface area contributed by atoms with E-state index in [-0.39, 0.29) is 0 Å². The van der Waals surface area contributed by atoms with Crippen molar-refractivity contribution in [2.45, 2.75) is 32.2 Å². The predicted molar refractivity (Wildman–Crippen MR) is 73.3 cm³/mol. The van der Waals surface area contributed by atoms with Crippen LogP contribution >= 0.6 is 11.3 Å². The zero-order valence-electron chi connectivity index (χ0n) is 10.7. The molecule has 1 heterocycles. The quantitative estimate of drug-likeness (QED) is 0.751. The first-order valence-electron chi connectivity index (χ1n) is 6.15. The number of thiophene rings is 1. The lowest BCUT2D eigenvalue weighted by atomic mass is 10.1. The smallest absolute Gasteiger partial charge is 0.0217 e. The van der Waals surface area contributed by atoms with Gasteiger partial charge in [-0.3, -0.25) is 0 Å². The first kappa shape index (κ1) is 13.7. The molecule has 0 fully saturated rings. The summed E-state index contributed by atoms with van der Waals surface area (Å²) in [6.45, 7) is 4.51. The SMILES string of the molecule is CCCC(CNC)N(C)CCc1cccs1. The third kappa shape index (κ3) is 4.64. The number of likely N-dealkylation sites (N-methyl/N-ethyl adjacent to an activating group) is 2. The van der Waals surface area contributed by atoms with E-state index in [1.807, 2.05) is 18.4 Å². The summed E-state index contributed by atoms with van der Waals surface area (Å²) in [5.41, 5.74) is 0. The molecule has 1 unspecified atom stereocenters. The highest BCUT2D eigenvalue weighted by atomic mass is 32.1. The molecule has 2 nitrogen and oxygen atoms in total. The van der Waals surface area contributed by atoms with Crippen molar-refractivity contribution in [3.8, 4) is 0 Å². The molecule has 0 amide bonds. The fourth-order valence-electron chi connectivity index (χ4n) is 1.97. The highest BCUT2D eigenvalue weighted by molar-refractivity contribution is 7.09. The zero-order valence-corrected chi connectivity index (χ0v) is 11.5. The summed E-state index contributed by atoms with van der Waals surface area (Å²) in [4.78, 5) is 3.98. The Balaban J connectivity index is 2.33. The molecule has 0 radical (unpaired) electrons. The van der Waals surface area contributed by atoms with Crippen molar-refractivity contribution in [3.63, 3.8) is 0 Å². The van der Waals surface area contributed by atoms with Gasteiger partial charge in [-0.2, -0.15) is 0 Å². The van der Waals surface area contributed by atoms with Gasteiger partial charge >= 0.3 is 0 Å². The number of nitrogens with zero attached hydrogens (tertiary/aromatic N) is 1. The molecular weight excluding hydrogens is 216 g/mol. The molecule has 0 spiro atoms. The van der Waals surface area contributed by atoms with Gasteiger partial charge in [0.05, 0.1) is 0 Å². The molecular formula is C13H24N2S. The summed E-state index contributed by atoms with van der Waals surface area (Å²) in [5.74, 6) is 0. The van der Waals surface area contributed by atoms with Crippen LogP contribution in [-0.2, 0) is 6.42 Å². The second kappa shape index (κ2) is 7.82. The van der Waals surface area contributed by atoms with Crippen LogP contribution in [0.2, 0.25) is 0 Å². The van der Waals surface area contributed by atoms with Crippen LogP contribution in [0.15, 0.2) is 17.5 Å². The molecule has 0 aromatic carbocycles. The number of hydrogen-bond donors (Lipinski definition) is 1. The van der Waals surface area contributed by atoms with Crippen LogP contribution in [0, 0.1) is 0 Å². The van der Waals surface area contributed by atoms with Crippen LogP contribution in [-0.4, -0.2) is 38.1 Å². The second-order valence-electron chi connectivity index (χ2n) is 4.31. The van der Waals surface area contributed by atoms with Crippen molar-refractivity contribution in [3.05, 3.63) is 22.4 Å². The molecule has 0 aliphatic heterocycles. The minimum absolute atomic E-state index is 0.676. The Morgan fingerprint density at radius 2 is 2.31 bits per heavy atom. The van der Waals surface area contributed by atoms with Gasteiger partial charge in [0.25, 0.3) is 0 Å². The van der Waals surface area contributed by atoms with E-state index in [0.29, 0.717) is 6.04 Å². The highest BCUT2D eigenvalue weighted by Crippen LogP contribution is 2.11. The Hall–Kier alpha value is -0.380. The van der Waals surface area contributed by atoms with Crippen LogP contribution in [0.5, 0.6) is 0 Å². The van der Waals surface area contributed by atoms with Crippen LogP contribution in [0.3, 0.4) is 0 Å². The molecule has 1 aromatic heterocycles. The van der Waals surface area contributed by atoms with Gasteiger partial charge in [0, 0.05) is 24.0 Å². The van der Waals surface area contributed by atoms with E-state index >= 15 is 0 Å². The average molecular weight is 240 g/mol. The van der Waals surface area contributed by atoms with Crippen molar-refractivity contribution < 1.29 is 0 Å². The molecule has 16 heavy (non-hydrogen) atoms. The lowest BCUT2D eigenvalue weighted by Crippen LogP contribution is -2.40. The minimum Gasteiger partial charge on any atom is -0.318 e. The maximum atomic E-state index is 3.29. The van der Waals surface area contributed by atoms with Crippen LogP contribution < -0.4 is 5.32 Å². The van der Waals surface area contributed by atoms with E-state index in [4.69, 9.17) is 0 Å². The van der Waals surface area contributed by atoms with E-state index in [9.17, 15) is 0 Å². The zero-order chi connectivity index (χ0) is 11.8. The lowest BCUT2D eigenvalue weighted by molar-refractivity contribution is 0.228. The van der Waals surface area contributed by atoms with E-state index in [1.54, 1.807) is 0 Å². The van der Waals surface area contributed by atoms with Gasteiger partial charge in [-0.15, -0.1) is 11.3 Å². The van der Waals surface area contributed by atoms with Crippen molar-refractivity contribution in [2.24, 2.45) is 0 Å². The monoisotopic (exact) mass is 240 g/mol. The van der Waals surface area contributed by atoms with Gasteiger partial charge in [0.15, 0.2) is 0 Å². The Bertz CT molecular complexity index is 253. The topological polar surface area (TPSA) is 15.3 Å². The van der Waals surface area contributed by atoms with Crippen LogP contribution in [0.1, 0.15) is 24.6 Å². The van der Waals surface area contributed by atoms with Crippen molar-refractivity contribution >= 4 is 11.3 Å². The van der Waals surface area contributed by atoms with E-state index in [1.165, 1.54) is 24.1 Å². The number of nitrogens with one attached hydrogen (secondary N) is 1. The van der Waals surface area contributed by atoms with Gasteiger partial charge in [-0.1, -0.05) is 19.4 Å². The van der Waals surface area contributed by atoms with Gasteiger partial charge in [0.2, 0.25) is 0 Å². The van der Waals surface area contributed by atoms with E-state index < -0.39 is 0 Å². The molecule has 0 saturated carbocycles. The molecule has 0 bridgehead atoms. The largest absolute Gasteiger partial charge is 0.318 e. The Morgan fingerprint density at radius 3 is 2.88 bits per heavy atom. The van der Waals surface area contributed by atoms with Crippen molar-refractivity contribution in [2.75, 3.05) is 27.2 Å². The third-order valence-electron chi connectivity index (χ3n) is 2.98. The van der Waals surface area contributed by atoms with Gasteiger partial charge in [-0.25, -0.2) is 0 Å². The summed E-state index contributed by atoms with van der Waals surface area (Å²) < 4.78 is 0. The van der Waals surface area contributed by atoms with Crippen LogP contribution in [0.25, 0.3) is 0 Å². The fourth-order valence-corrected chi connectivity index (χ4v) is 2.67. The Kier molecular flexibility index (Phi) is 6.69. The molecule has 0 saturated heterocycles. The molecule has 0 aliphatic carbocycles. The minimum atomic E-state index is 0.676. The molecule has 0 aliphatic rings. The number of rotatable bonds is 8. The summed E-state index contributed by atoms with van der Waals surface area (Å²) in [6.07, 6.45) is 3.72. The van der Waals surface area contributed by atoms with Gasteiger partial charge < -0.3 is 10.2 Å². The standard InChI is InChI=1S/C13H24N2S/c1-4-6-12(11-14-2)15(3)9-8-13-7-5-10-16-13/h5,7,10,12,14H,4,6,8-9,11H2,1-3H3. The maximum Gasteiger partial charge on any atom is 0.0217 e. The summed E-state index contributed by atoms with van der Waals surface area (Å²) in [7, 11) is 4.28. The Morgan fingerprint density at radius 1 is 1.50 bits per heavy atom. The highest BCUT2D eigenvalue weighted by Gasteiger charge is 2.12. The lowest BCUT2D eigenvalue weighted by Gasteiger charge is -2.27. The summed E-state index contributed by atoms with van der Waals surface area (Å²) in [5, 5.41) is 5.45. The first-order chi connectivity index (χ1) is 7.77. The Labute approximate surface area is 104 Å². The molecule has 1 atom stereocenters. The van der Waals surface area contributed by atoms with Crippen molar-refractivity contribution in [1.29, 1.82) is 0 Å².